The summed E-state index contributed by atoms with van der Waals surface area (Å²) >= 11 is 9.27. The van der Waals surface area contributed by atoms with Crippen LogP contribution in [0.1, 0.15) is 35.6 Å². The Kier molecular flexibility index (Phi) is 5.50. The molecule has 0 aliphatic heterocycles. The maximum Gasteiger partial charge on any atom is 0.258 e. The first-order valence-electron chi connectivity index (χ1n) is 7.73. The topological polar surface area (TPSA) is 68.0 Å². The molecule has 0 saturated heterocycles. The molecule has 0 saturated carbocycles. The summed E-state index contributed by atoms with van der Waals surface area (Å²) in [5.74, 6) is 0.646. The number of hydrogen-bond acceptors (Lipinski definition) is 4. The number of benzene rings is 2. The van der Waals surface area contributed by atoms with Crippen molar-refractivity contribution in [2.75, 3.05) is 0 Å². The zero-order chi connectivity index (χ0) is 17.8. The van der Waals surface area contributed by atoms with E-state index in [1.54, 1.807) is 24.3 Å². The van der Waals surface area contributed by atoms with Crippen LogP contribution in [0, 0.1) is 0 Å². The maximum atomic E-state index is 12.4. The van der Waals surface area contributed by atoms with Gasteiger partial charge in [-0.1, -0.05) is 45.7 Å². The van der Waals surface area contributed by atoms with Crippen LogP contribution >= 0.6 is 27.5 Å². The van der Waals surface area contributed by atoms with Crippen LogP contribution in [0.2, 0.25) is 5.02 Å². The number of carbonyl (C=O) groups is 1. The minimum absolute atomic E-state index is 0.211. The highest BCUT2D eigenvalue weighted by Gasteiger charge is 2.20. The van der Waals surface area contributed by atoms with E-state index in [1.807, 2.05) is 31.2 Å². The first kappa shape index (κ1) is 17.6. The summed E-state index contributed by atoms with van der Waals surface area (Å²) in [5.41, 5.74) is 1.34. The van der Waals surface area contributed by atoms with Crippen LogP contribution in [0.3, 0.4) is 0 Å². The third-order valence-corrected chi connectivity index (χ3v) is 4.39. The van der Waals surface area contributed by atoms with E-state index < -0.39 is 0 Å². The summed E-state index contributed by atoms with van der Waals surface area (Å²) in [6.07, 6.45) is 0.636. The molecule has 1 heterocycles. The number of amides is 1. The maximum absolute atomic E-state index is 12.4. The highest BCUT2D eigenvalue weighted by Crippen LogP contribution is 2.23. The number of rotatable bonds is 5. The predicted octanol–water partition coefficient (Wildman–Crippen LogP) is 5.03. The van der Waals surface area contributed by atoms with E-state index in [0.717, 1.165) is 10.0 Å². The van der Waals surface area contributed by atoms with Crippen molar-refractivity contribution in [2.45, 2.75) is 19.4 Å². The molecule has 0 aliphatic rings. The average Bonchev–Trinajstić information content (AvgIpc) is 3.10. The molecule has 3 aromatic rings. The highest BCUT2D eigenvalue weighted by molar-refractivity contribution is 9.10. The van der Waals surface area contributed by atoms with Gasteiger partial charge in [-0.25, -0.2) is 0 Å². The Morgan fingerprint density at radius 2 is 2.04 bits per heavy atom. The molecule has 7 heteroatoms. The van der Waals surface area contributed by atoms with Gasteiger partial charge in [0.15, 0.2) is 5.82 Å². The molecular formula is C18H15BrClN3O2. The van der Waals surface area contributed by atoms with Crippen LogP contribution in [0.25, 0.3) is 11.5 Å². The van der Waals surface area contributed by atoms with Crippen molar-refractivity contribution in [3.8, 4) is 11.5 Å². The molecule has 2 aromatic carbocycles. The van der Waals surface area contributed by atoms with Gasteiger partial charge in [-0.05, 0) is 48.9 Å². The Morgan fingerprint density at radius 1 is 1.28 bits per heavy atom. The monoisotopic (exact) mass is 419 g/mol. The molecule has 0 unspecified atom stereocenters. The smallest absolute Gasteiger partial charge is 0.258 e. The lowest BCUT2D eigenvalue weighted by molar-refractivity contribution is 0.0933. The van der Waals surface area contributed by atoms with Gasteiger partial charge in [-0.2, -0.15) is 4.98 Å². The van der Waals surface area contributed by atoms with Crippen LogP contribution in [0.15, 0.2) is 57.5 Å². The Bertz CT molecular complexity index is 880. The van der Waals surface area contributed by atoms with E-state index in [9.17, 15) is 4.79 Å². The quantitative estimate of drug-likeness (QED) is 0.628. The van der Waals surface area contributed by atoms with Gasteiger partial charge in [0.25, 0.3) is 11.8 Å². The number of nitrogens with one attached hydrogen (secondary N) is 1. The summed E-state index contributed by atoms with van der Waals surface area (Å²) in [6, 6.07) is 14.0. The van der Waals surface area contributed by atoms with Crippen LogP contribution in [0.4, 0.5) is 0 Å². The summed E-state index contributed by atoms with van der Waals surface area (Å²) in [5, 5.41) is 7.52. The van der Waals surface area contributed by atoms with E-state index >= 15 is 0 Å². The molecule has 0 fully saturated rings. The van der Waals surface area contributed by atoms with Gasteiger partial charge >= 0.3 is 0 Å². The summed E-state index contributed by atoms with van der Waals surface area (Å²) in [7, 11) is 0. The van der Waals surface area contributed by atoms with Crippen molar-refractivity contribution in [3.63, 3.8) is 0 Å². The van der Waals surface area contributed by atoms with E-state index in [0.29, 0.717) is 28.7 Å². The van der Waals surface area contributed by atoms with Crippen LogP contribution in [-0.2, 0) is 0 Å². The first-order chi connectivity index (χ1) is 12.1. The van der Waals surface area contributed by atoms with Crippen molar-refractivity contribution in [2.24, 2.45) is 0 Å². The van der Waals surface area contributed by atoms with Gasteiger partial charge < -0.3 is 9.84 Å². The molecule has 0 spiro atoms. The van der Waals surface area contributed by atoms with Crippen molar-refractivity contribution in [3.05, 3.63) is 69.4 Å². The van der Waals surface area contributed by atoms with Gasteiger partial charge in [0, 0.05) is 20.6 Å². The van der Waals surface area contributed by atoms with E-state index in [-0.39, 0.29) is 11.9 Å². The minimum atomic E-state index is -0.340. The third-order valence-electron chi connectivity index (χ3n) is 3.64. The largest absolute Gasteiger partial charge is 0.342 e. The Balaban J connectivity index is 1.77. The van der Waals surface area contributed by atoms with Gasteiger partial charge in [0.2, 0.25) is 0 Å². The Hall–Kier alpha value is -2.18. The van der Waals surface area contributed by atoms with Crippen molar-refractivity contribution in [1.29, 1.82) is 0 Å². The van der Waals surface area contributed by atoms with Crippen molar-refractivity contribution in [1.82, 2.24) is 15.5 Å². The molecule has 1 aromatic heterocycles. The summed E-state index contributed by atoms with van der Waals surface area (Å²) in [4.78, 5) is 16.8. The lowest BCUT2D eigenvalue weighted by Gasteiger charge is -2.13. The van der Waals surface area contributed by atoms with Gasteiger partial charge in [0.05, 0.1) is 6.04 Å². The highest BCUT2D eigenvalue weighted by atomic mass is 79.9. The fourth-order valence-corrected chi connectivity index (χ4v) is 2.83. The molecule has 0 radical (unpaired) electrons. The van der Waals surface area contributed by atoms with Crippen LogP contribution < -0.4 is 5.32 Å². The number of carbonyl (C=O) groups excluding carboxylic acids is 1. The zero-order valence-electron chi connectivity index (χ0n) is 13.4. The molecule has 1 atom stereocenters. The van der Waals surface area contributed by atoms with Crippen molar-refractivity contribution >= 4 is 33.4 Å². The molecule has 3 rings (SSSR count). The molecule has 128 valence electrons. The Labute approximate surface area is 158 Å². The molecule has 5 nitrogen and oxygen atoms in total. The normalized spacial score (nSPS) is 12.0. The Morgan fingerprint density at radius 3 is 2.72 bits per heavy atom. The second kappa shape index (κ2) is 7.80. The van der Waals surface area contributed by atoms with Gasteiger partial charge in [-0.15, -0.1) is 0 Å². The predicted molar refractivity (Wildman–Crippen MR) is 99.4 cm³/mol. The fraction of sp³-hybridized carbons (Fsp3) is 0.167. The molecular weight excluding hydrogens is 406 g/mol. The SMILES string of the molecule is CC[C@H](NC(=O)c1ccc(Cl)cc1)c1noc(-c2cccc(Br)c2)n1. The number of aromatic nitrogens is 2. The van der Waals surface area contributed by atoms with E-state index in [2.05, 4.69) is 31.4 Å². The first-order valence-corrected chi connectivity index (χ1v) is 8.90. The number of nitrogens with zero attached hydrogens (tertiary/aromatic N) is 2. The standard InChI is InChI=1S/C18H15BrClN3O2/c1-2-15(21-17(24)11-6-8-14(20)9-7-11)16-22-18(25-23-16)12-4-3-5-13(19)10-12/h3-10,15H,2H2,1H3,(H,21,24)/t15-/m0/s1. The van der Waals surface area contributed by atoms with Crippen molar-refractivity contribution < 1.29 is 9.32 Å². The number of halogens is 2. The lowest BCUT2D eigenvalue weighted by atomic mass is 10.1. The molecule has 1 N–H and O–H groups in total. The van der Waals surface area contributed by atoms with E-state index in [1.165, 1.54) is 0 Å². The van der Waals surface area contributed by atoms with Gasteiger partial charge in [0.1, 0.15) is 0 Å². The average molecular weight is 421 g/mol. The van der Waals surface area contributed by atoms with Crippen LogP contribution in [0.5, 0.6) is 0 Å². The van der Waals surface area contributed by atoms with E-state index in [4.69, 9.17) is 16.1 Å². The van der Waals surface area contributed by atoms with Crippen LogP contribution in [-0.4, -0.2) is 16.0 Å². The van der Waals surface area contributed by atoms with Gasteiger partial charge in [-0.3, -0.25) is 4.79 Å². The molecule has 0 aliphatic carbocycles. The third kappa shape index (κ3) is 4.27. The summed E-state index contributed by atoms with van der Waals surface area (Å²) < 4.78 is 6.26. The zero-order valence-corrected chi connectivity index (χ0v) is 15.7. The summed E-state index contributed by atoms with van der Waals surface area (Å²) in [6.45, 7) is 1.95. The second-order valence-electron chi connectivity index (χ2n) is 5.41. The minimum Gasteiger partial charge on any atom is -0.342 e. The molecule has 0 bridgehead atoms. The second-order valence-corrected chi connectivity index (χ2v) is 6.76. The molecule has 1 amide bonds. The molecule has 25 heavy (non-hydrogen) atoms. The lowest BCUT2D eigenvalue weighted by Crippen LogP contribution is -2.28. The number of hydrogen-bond donors (Lipinski definition) is 1. The fourth-order valence-electron chi connectivity index (χ4n) is 2.31.